The Labute approximate surface area is 189 Å². The summed E-state index contributed by atoms with van der Waals surface area (Å²) in [6.45, 7) is 6.34. The van der Waals surface area contributed by atoms with E-state index in [0.29, 0.717) is 23.4 Å². The molecule has 1 amide bonds. The van der Waals surface area contributed by atoms with Gasteiger partial charge < -0.3 is 5.32 Å². The molecule has 0 saturated carbocycles. The second-order valence-electron chi connectivity index (χ2n) is 8.27. The molecule has 2 aromatic carbocycles. The Hall–Kier alpha value is -2.81. The van der Waals surface area contributed by atoms with Gasteiger partial charge in [-0.05, 0) is 37.2 Å². The lowest BCUT2D eigenvalue weighted by Gasteiger charge is -2.29. The number of anilines is 1. The minimum absolute atomic E-state index is 0.180. The molecule has 1 aliphatic heterocycles. The van der Waals surface area contributed by atoms with Gasteiger partial charge in [0.25, 0.3) is 5.91 Å². The fraction of sp³-hybridized carbons (Fsp3) is 0.333. The average Bonchev–Trinajstić information content (AvgIpc) is 2.77. The highest BCUT2D eigenvalue weighted by Crippen LogP contribution is 2.29. The number of likely N-dealkylation sites (N-methyl/N-ethyl adjacent to an activating group) is 1. The first-order valence-corrected chi connectivity index (χ1v) is 12.1. The van der Waals surface area contributed by atoms with Crippen LogP contribution in [0.15, 0.2) is 47.4 Å². The third-order valence-corrected chi connectivity index (χ3v) is 7.96. The van der Waals surface area contributed by atoms with Crippen LogP contribution in [-0.2, 0) is 23.0 Å². The fourth-order valence-electron chi connectivity index (χ4n) is 4.12. The maximum Gasteiger partial charge on any atom is 0.256 e. The summed E-state index contributed by atoms with van der Waals surface area (Å²) in [7, 11) is -0.635. The quantitative estimate of drug-likeness (QED) is 0.641. The molecule has 7 nitrogen and oxygen atoms in total. The first-order chi connectivity index (χ1) is 15.2. The number of benzene rings is 2. The van der Waals surface area contributed by atoms with Gasteiger partial charge in [-0.25, -0.2) is 12.7 Å². The molecule has 8 heteroatoms. The summed E-state index contributed by atoms with van der Waals surface area (Å²) in [4.78, 5) is 20.9. The van der Waals surface area contributed by atoms with Crippen LogP contribution in [-0.4, -0.2) is 55.7 Å². The van der Waals surface area contributed by atoms with E-state index >= 15 is 0 Å². The number of hydrogen-bond donors (Lipinski definition) is 1. The number of amides is 1. The Morgan fingerprint density at radius 2 is 1.94 bits per heavy atom. The van der Waals surface area contributed by atoms with Gasteiger partial charge in [0.2, 0.25) is 10.0 Å². The summed E-state index contributed by atoms with van der Waals surface area (Å²) in [5.74, 6) is -0.255. The molecule has 0 radical (unpaired) electrons. The van der Waals surface area contributed by atoms with Crippen molar-refractivity contribution in [2.75, 3.05) is 32.5 Å². The molecule has 3 aromatic rings. The molecule has 1 N–H and O–H groups in total. The Balaban J connectivity index is 1.79. The fourth-order valence-corrected chi connectivity index (χ4v) is 5.27. The van der Waals surface area contributed by atoms with Crippen LogP contribution < -0.4 is 5.32 Å². The van der Waals surface area contributed by atoms with E-state index in [1.807, 2.05) is 24.3 Å². The van der Waals surface area contributed by atoms with Gasteiger partial charge in [-0.3, -0.25) is 14.7 Å². The van der Waals surface area contributed by atoms with Gasteiger partial charge in [-0.15, -0.1) is 0 Å². The van der Waals surface area contributed by atoms with Gasteiger partial charge in [0.15, 0.2) is 0 Å². The molecule has 0 unspecified atom stereocenters. The number of aryl methyl sites for hydroxylation is 1. The van der Waals surface area contributed by atoms with Crippen molar-refractivity contribution in [2.45, 2.75) is 31.7 Å². The lowest BCUT2D eigenvalue weighted by atomic mass is 9.95. The van der Waals surface area contributed by atoms with Crippen molar-refractivity contribution < 1.29 is 13.2 Å². The van der Waals surface area contributed by atoms with Crippen molar-refractivity contribution in [1.29, 1.82) is 0 Å². The van der Waals surface area contributed by atoms with Crippen LogP contribution >= 0.6 is 0 Å². The maximum atomic E-state index is 13.6. The van der Waals surface area contributed by atoms with Gasteiger partial charge in [0.1, 0.15) is 0 Å². The monoisotopic (exact) mass is 452 g/mol. The zero-order valence-corrected chi connectivity index (χ0v) is 19.7. The van der Waals surface area contributed by atoms with Crippen molar-refractivity contribution in [3.63, 3.8) is 0 Å². The number of carbonyl (C=O) groups is 1. The summed E-state index contributed by atoms with van der Waals surface area (Å²) in [5, 5.41) is 3.74. The van der Waals surface area contributed by atoms with E-state index in [0.717, 1.165) is 41.7 Å². The van der Waals surface area contributed by atoms with Crippen LogP contribution in [0.1, 0.15) is 34.1 Å². The molecule has 1 aromatic heterocycles. The zero-order chi connectivity index (χ0) is 23.0. The Morgan fingerprint density at radius 3 is 2.66 bits per heavy atom. The highest BCUT2D eigenvalue weighted by Gasteiger charge is 2.26. The van der Waals surface area contributed by atoms with Gasteiger partial charge in [0.05, 0.1) is 16.0 Å². The van der Waals surface area contributed by atoms with E-state index < -0.39 is 10.0 Å². The lowest BCUT2D eigenvalue weighted by Crippen LogP contribution is -2.33. The number of nitrogens with one attached hydrogen (secondary N) is 1. The minimum Gasteiger partial charge on any atom is -0.322 e. The normalized spacial score (nSPS) is 14.5. The molecule has 32 heavy (non-hydrogen) atoms. The lowest BCUT2D eigenvalue weighted by molar-refractivity contribution is 0.102. The molecule has 0 fully saturated rings. The molecule has 0 bridgehead atoms. The molecule has 168 valence electrons. The first kappa shape index (κ1) is 22.4. The van der Waals surface area contributed by atoms with E-state index in [2.05, 4.69) is 17.1 Å². The average molecular weight is 453 g/mol. The zero-order valence-electron chi connectivity index (χ0n) is 18.8. The van der Waals surface area contributed by atoms with Crippen LogP contribution in [0.25, 0.3) is 10.9 Å². The van der Waals surface area contributed by atoms with Crippen molar-refractivity contribution in [3.05, 3.63) is 64.8 Å². The molecule has 0 spiro atoms. The Morgan fingerprint density at radius 1 is 1.19 bits per heavy atom. The predicted molar refractivity (Wildman–Crippen MR) is 126 cm³/mol. The molecular formula is C24H28N4O3S. The number of nitrogens with zero attached hydrogens (tertiary/aromatic N) is 3. The SMILES string of the molecule is CCN1CCc2nc3ccccc3c(C(=O)Nc3ccc(C)c(S(=O)(=O)N(C)C)c3)c2C1. The van der Waals surface area contributed by atoms with Gasteiger partial charge >= 0.3 is 0 Å². The van der Waals surface area contributed by atoms with E-state index in [-0.39, 0.29) is 10.8 Å². The predicted octanol–water partition coefficient (Wildman–Crippen LogP) is 3.42. The topological polar surface area (TPSA) is 82.6 Å². The molecule has 2 heterocycles. The maximum absolute atomic E-state index is 13.6. The number of fused-ring (bicyclic) bond motifs is 2. The Kier molecular flexibility index (Phi) is 6.03. The van der Waals surface area contributed by atoms with Crippen LogP contribution in [0.4, 0.5) is 5.69 Å². The third kappa shape index (κ3) is 4.01. The summed E-state index contributed by atoms with van der Waals surface area (Å²) in [5.41, 5.74) is 4.38. The smallest absolute Gasteiger partial charge is 0.256 e. The third-order valence-electron chi connectivity index (χ3n) is 6.00. The van der Waals surface area contributed by atoms with Crippen molar-refractivity contribution in [1.82, 2.24) is 14.2 Å². The van der Waals surface area contributed by atoms with Crippen molar-refractivity contribution in [2.24, 2.45) is 0 Å². The minimum atomic E-state index is -3.62. The van der Waals surface area contributed by atoms with Crippen molar-refractivity contribution >= 4 is 32.5 Å². The number of pyridine rings is 1. The number of sulfonamides is 1. The van der Waals surface area contributed by atoms with Gasteiger partial charge in [0, 0.05) is 55.9 Å². The summed E-state index contributed by atoms with van der Waals surface area (Å²) in [6, 6.07) is 12.6. The molecule has 4 rings (SSSR count). The van der Waals surface area contributed by atoms with Crippen LogP contribution in [0.2, 0.25) is 0 Å². The molecule has 0 atom stereocenters. The summed E-state index contributed by atoms with van der Waals surface area (Å²) >= 11 is 0. The number of rotatable bonds is 5. The molecular weight excluding hydrogens is 424 g/mol. The van der Waals surface area contributed by atoms with E-state index in [1.54, 1.807) is 19.1 Å². The van der Waals surface area contributed by atoms with E-state index in [9.17, 15) is 13.2 Å². The summed E-state index contributed by atoms with van der Waals surface area (Å²) < 4.78 is 26.6. The van der Waals surface area contributed by atoms with Crippen LogP contribution in [0.3, 0.4) is 0 Å². The highest BCUT2D eigenvalue weighted by molar-refractivity contribution is 7.89. The number of carbonyl (C=O) groups excluding carboxylic acids is 1. The van der Waals surface area contributed by atoms with E-state index in [4.69, 9.17) is 4.98 Å². The highest BCUT2D eigenvalue weighted by atomic mass is 32.2. The summed E-state index contributed by atoms with van der Waals surface area (Å²) in [6.07, 6.45) is 0.796. The van der Waals surface area contributed by atoms with Crippen LogP contribution in [0.5, 0.6) is 0 Å². The second kappa shape index (κ2) is 8.61. The van der Waals surface area contributed by atoms with E-state index in [1.165, 1.54) is 24.5 Å². The number of para-hydroxylation sites is 1. The number of aromatic nitrogens is 1. The standard InChI is InChI=1S/C24H28N4O3S/c1-5-28-13-12-21-19(15-28)23(18-8-6-7-9-20(18)26-21)24(29)25-17-11-10-16(2)22(14-17)32(30,31)27(3)4/h6-11,14H,5,12-13,15H2,1-4H3,(H,25,29). The second-order valence-corrected chi connectivity index (χ2v) is 10.4. The molecule has 0 aliphatic carbocycles. The number of hydrogen-bond acceptors (Lipinski definition) is 5. The largest absolute Gasteiger partial charge is 0.322 e. The molecule has 0 saturated heterocycles. The van der Waals surface area contributed by atoms with Gasteiger partial charge in [-0.1, -0.05) is 31.2 Å². The Bertz CT molecular complexity index is 1300. The molecule has 1 aliphatic rings. The van der Waals surface area contributed by atoms with Crippen LogP contribution in [0, 0.1) is 6.92 Å². The van der Waals surface area contributed by atoms with Crippen molar-refractivity contribution in [3.8, 4) is 0 Å². The van der Waals surface area contributed by atoms with Gasteiger partial charge in [-0.2, -0.15) is 0 Å². The first-order valence-electron chi connectivity index (χ1n) is 10.7.